The van der Waals surface area contributed by atoms with Gasteiger partial charge in [0.2, 0.25) is 29.3 Å². The van der Waals surface area contributed by atoms with Crippen LogP contribution in [0.1, 0.15) is 12.0 Å². The molecule has 1 aromatic rings. The molecule has 1 aliphatic carbocycles. The minimum Gasteiger partial charge on any atom is -0.504 e. The van der Waals surface area contributed by atoms with E-state index in [0.29, 0.717) is 0 Å². The van der Waals surface area contributed by atoms with Crippen molar-refractivity contribution in [3.63, 3.8) is 0 Å². The summed E-state index contributed by atoms with van der Waals surface area (Å²) in [6, 6.07) is 0. The van der Waals surface area contributed by atoms with Gasteiger partial charge in [-0.05, 0) is 0 Å². The summed E-state index contributed by atoms with van der Waals surface area (Å²) in [6.45, 7) is 0. The predicted molar refractivity (Wildman–Crippen MR) is 94.9 cm³/mol. The van der Waals surface area contributed by atoms with Crippen LogP contribution in [0.15, 0.2) is 0 Å². The quantitative estimate of drug-likeness (QED) is 0.104. The van der Waals surface area contributed by atoms with E-state index in [4.69, 9.17) is 4.74 Å². The fourth-order valence-electron chi connectivity index (χ4n) is 3.76. The predicted octanol–water partition coefficient (Wildman–Crippen LogP) is -7.36. The molecule has 1 heterocycles. The summed E-state index contributed by atoms with van der Waals surface area (Å²) in [7, 11) is 0.744. The second-order valence-corrected chi connectivity index (χ2v) is 7.84. The molecule has 0 aromatic heterocycles. The lowest BCUT2D eigenvalue weighted by molar-refractivity contribution is -0.452. The normalized spacial score (nSPS) is 28.5. The number of aromatic hydroxyl groups is 3. The van der Waals surface area contributed by atoms with Gasteiger partial charge in [0.15, 0.2) is 17.1 Å². The molecule has 0 bridgehead atoms. The molecular formula is C16H21NO17. The fourth-order valence-corrected chi connectivity index (χ4v) is 3.76. The van der Waals surface area contributed by atoms with Crippen molar-refractivity contribution >= 4 is 5.91 Å². The minimum atomic E-state index is -4.55. The number of carbonyl (C=O) groups is 1. The van der Waals surface area contributed by atoms with Gasteiger partial charge in [0.1, 0.15) is 0 Å². The Morgan fingerprint density at radius 3 is 1.62 bits per heavy atom. The van der Waals surface area contributed by atoms with Crippen molar-refractivity contribution in [3.05, 3.63) is 5.56 Å². The van der Waals surface area contributed by atoms with Gasteiger partial charge in [0.25, 0.3) is 29.1 Å². The number of methoxy groups -OCH3 is 1. The molecule has 192 valence electrons. The van der Waals surface area contributed by atoms with Gasteiger partial charge < -0.3 is 86.3 Å². The number of amides is 1. The third kappa shape index (κ3) is 2.80. The standard InChI is InChI=1S/C16H21NO17/c1-33-8-7(21)5(19)4(11(22)2-3(18)17-16(11,31)32)6(20)9(8)34-10-12(23,24)14(27,28)15(29,30)13(10,25)26/h10,19-32H,2H2,1H3,(H,17,18). The van der Waals surface area contributed by atoms with Gasteiger partial charge in [-0.1, -0.05) is 0 Å². The Balaban J connectivity index is 2.30. The maximum absolute atomic E-state index is 11.6. The summed E-state index contributed by atoms with van der Waals surface area (Å²) >= 11 is 0. The number of hydrogen-bond acceptors (Lipinski definition) is 17. The van der Waals surface area contributed by atoms with Gasteiger partial charge in [-0.3, -0.25) is 4.79 Å². The number of phenolic OH excluding ortho intramolecular Hbond substituents is 3. The lowest BCUT2D eigenvalue weighted by Crippen LogP contribution is -2.66. The zero-order valence-corrected chi connectivity index (χ0v) is 16.8. The van der Waals surface area contributed by atoms with E-state index in [1.165, 1.54) is 5.32 Å². The monoisotopic (exact) mass is 499 g/mol. The van der Waals surface area contributed by atoms with Crippen LogP contribution in [0, 0.1) is 0 Å². The lowest BCUT2D eigenvalue weighted by Gasteiger charge is -2.35. The van der Waals surface area contributed by atoms with E-state index >= 15 is 0 Å². The summed E-state index contributed by atoms with van der Waals surface area (Å²) in [4.78, 5) is 11.6. The molecule has 18 nitrogen and oxygen atoms in total. The number of phenols is 3. The number of carbonyl (C=O) groups excluding carboxylic acids is 1. The third-order valence-corrected chi connectivity index (χ3v) is 5.74. The van der Waals surface area contributed by atoms with Crippen molar-refractivity contribution in [2.24, 2.45) is 0 Å². The van der Waals surface area contributed by atoms with E-state index in [-0.39, 0.29) is 0 Å². The largest absolute Gasteiger partial charge is 0.504 e. The van der Waals surface area contributed by atoms with Gasteiger partial charge in [-0.25, -0.2) is 0 Å². The van der Waals surface area contributed by atoms with Crippen molar-refractivity contribution in [3.8, 4) is 28.7 Å². The fraction of sp³-hybridized carbons (Fsp3) is 0.562. The summed E-state index contributed by atoms with van der Waals surface area (Å²) in [5.74, 6) is -30.1. The Morgan fingerprint density at radius 1 is 0.765 bits per heavy atom. The van der Waals surface area contributed by atoms with Crippen molar-refractivity contribution in [2.75, 3.05) is 7.11 Å². The van der Waals surface area contributed by atoms with E-state index < -0.39 is 87.4 Å². The molecule has 34 heavy (non-hydrogen) atoms. The molecule has 2 aliphatic rings. The van der Waals surface area contributed by atoms with Crippen molar-refractivity contribution in [1.29, 1.82) is 0 Å². The van der Waals surface area contributed by atoms with E-state index in [9.17, 15) is 76.3 Å². The van der Waals surface area contributed by atoms with Crippen LogP contribution < -0.4 is 14.8 Å². The number of ether oxygens (including phenoxy) is 2. The first kappa shape index (κ1) is 25.9. The first-order valence-electron chi connectivity index (χ1n) is 8.92. The zero-order valence-electron chi connectivity index (χ0n) is 16.8. The topological polar surface area (TPSA) is 331 Å². The highest BCUT2D eigenvalue weighted by atomic mass is 16.7. The van der Waals surface area contributed by atoms with Gasteiger partial charge in [0, 0.05) is 0 Å². The first-order chi connectivity index (χ1) is 15.1. The van der Waals surface area contributed by atoms with Crippen molar-refractivity contribution < 1.29 is 85.8 Å². The second kappa shape index (κ2) is 6.90. The van der Waals surface area contributed by atoms with Crippen molar-refractivity contribution in [1.82, 2.24) is 5.32 Å². The molecule has 0 radical (unpaired) electrons. The van der Waals surface area contributed by atoms with E-state index in [1.807, 2.05) is 0 Å². The van der Waals surface area contributed by atoms with E-state index in [1.54, 1.807) is 0 Å². The Kier molecular flexibility index (Phi) is 5.25. The highest BCUT2D eigenvalue weighted by Gasteiger charge is 2.85. The molecule has 1 unspecified atom stereocenters. The first-order valence-corrected chi connectivity index (χ1v) is 8.92. The highest BCUT2D eigenvalue weighted by molar-refractivity contribution is 5.83. The maximum atomic E-state index is 11.6. The number of nitrogens with one attached hydrogen (secondary N) is 1. The van der Waals surface area contributed by atoms with E-state index in [2.05, 4.69) is 4.74 Å². The molecule has 2 fully saturated rings. The minimum absolute atomic E-state index is 0.744. The smallest absolute Gasteiger partial charge is 0.284 e. The molecule has 1 saturated carbocycles. The van der Waals surface area contributed by atoms with Gasteiger partial charge in [-0.2, -0.15) is 0 Å². The Bertz CT molecular complexity index is 1020. The summed E-state index contributed by atoms with van der Waals surface area (Å²) in [5.41, 5.74) is -4.81. The van der Waals surface area contributed by atoms with Crippen LogP contribution in [0.5, 0.6) is 28.7 Å². The average Bonchev–Trinajstić information content (AvgIpc) is 2.91. The van der Waals surface area contributed by atoms with Crippen LogP contribution in [-0.2, 0) is 10.4 Å². The highest BCUT2D eigenvalue weighted by Crippen LogP contribution is 2.59. The molecule has 1 saturated heterocycles. The summed E-state index contributed by atoms with van der Waals surface area (Å²) in [6.07, 6.45) is -4.62. The second-order valence-electron chi connectivity index (χ2n) is 7.84. The van der Waals surface area contributed by atoms with E-state index in [0.717, 1.165) is 7.11 Å². The molecule has 1 aromatic carbocycles. The molecule has 3 rings (SSSR count). The third-order valence-electron chi connectivity index (χ3n) is 5.74. The summed E-state index contributed by atoms with van der Waals surface area (Å²) in [5, 5.41) is 142. The molecule has 15 N–H and O–H groups in total. The lowest BCUT2D eigenvalue weighted by atomic mass is 9.87. The molecule has 1 amide bonds. The van der Waals surface area contributed by atoms with Gasteiger partial charge in [-0.15, -0.1) is 0 Å². The van der Waals surface area contributed by atoms with Crippen LogP contribution in [0.25, 0.3) is 0 Å². The van der Waals surface area contributed by atoms with Crippen LogP contribution in [0.4, 0.5) is 0 Å². The maximum Gasteiger partial charge on any atom is 0.284 e. The SMILES string of the molecule is COc1c(O)c(O)c(C2(O)CC(=O)NC2(O)O)c(O)c1OC1C(O)(O)C(O)(O)C(O)(O)C1(O)O. The van der Waals surface area contributed by atoms with Crippen LogP contribution >= 0.6 is 0 Å². The van der Waals surface area contributed by atoms with Gasteiger partial charge in [0.05, 0.1) is 19.1 Å². The zero-order chi connectivity index (χ0) is 26.4. The molecule has 0 spiro atoms. The number of benzene rings is 1. The number of hydrogen-bond donors (Lipinski definition) is 15. The van der Waals surface area contributed by atoms with Gasteiger partial charge >= 0.3 is 0 Å². The Hall–Kier alpha value is -2.75. The molecular weight excluding hydrogens is 478 g/mol. The molecule has 1 aliphatic heterocycles. The molecule has 18 heteroatoms. The number of aliphatic hydroxyl groups is 11. The van der Waals surface area contributed by atoms with Crippen molar-refractivity contribution in [2.45, 2.75) is 47.2 Å². The Morgan fingerprint density at radius 2 is 1.24 bits per heavy atom. The van der Waals surface area contributed by atoms with Crippen LogP contribution in [0.3, 0.4) is 0 Å². The Labute approximate surface area is 186 Å². The van der Waals surface area contributed by atoms with Crippen LogP contribution in [-0.4, -0.2) is 120 Å². The average molecular weight is 499 g/mol. The summed E-state index contributed by atoms with van der Waals surface area (Å²) < 4.78 is 9.39. The van der Waals surface area contributed by atoms with Crippen LogP contribution in [0.2, 0.25) is 0 Å². The molecule has 1 atom stereocenters. The number of rotatable bonds is 4.